The number of hydrogen-bond donors (Lipinski definition) is 0. The lowest BCUT2D eigenvalue weighted by molar-refractivity contribution is 0.402. The van der Waals surface area contributed by atoms with Gasteiger partial charge in [-0.2, -0.15) is 0 Å². The van der Waals surface area contributed by atoms with Crippen LogP contribution in [0.3, 0.4) is 0 Å². The number of ether oxygens (including phenoxy) is 1. The maximum Gasteiger partial charge on any atom is 0.123 e. The van der Waals surface area contributed by atoms with Gasteiger partial charge in [0.2, 0.25) is 0 Å². The van der Waals surface area contributed by atoms with E-state index in [2.05, 4.69) is 64.8 Å². The van der Waals surface area contributed by atoms with E-state index in [4.69, 9.17) is 4.74 Å². The van der Waals surface area contributed by atoms with E-state index < -0.39 is 0 Å². The third-order valence-corrected chi connectivity index (χ3v) is 5.30. The lowest BCUT2D eigenvalue weighted by Gasteiger charge is -2.21. The molecule has 0 saturated heterocycles. The molecule has 0 bridgehead atoms. The zero-order valence-corrected chi connectivity index (χ0v) is 14.1. The van der Waals surface area contributed by atoms with Crippen molar-refractivity contribution in [1.29, 1.82) is 0 Å². The van der Waals surface area contributed by atoms with Gasteiger partial charge in [0.05, 0.1) is 7.11 Å². The summed E-state index contributed by atoms with van der Waals surface area (Å²) in [5, 5.41) is 0. The molecule has 0 aliphatic carbocycles. The highest BCUT2D eigenvalue weighted by molar-refractivity contribution is 9.10. The zero-order chi connectivity index (χ0) is 13.0. The summed E-state index contributed by atoms with van der Waals surface area (Å²) in [6, 6.07) is 4.26. The number of methoxy groups -OCH3 is 1. The normalized spacial score (nSPS) is 14.5. The van der Waals surface area contributed by atoms with Crippen LogP contribution in [0.1, 0.15) is 42.6 Å². The minimum absolute atomic E-state index is 0.342. The first kappa shape index (κ1) is 15.0. The number of aryl methyl sites for hydroxylation is 1. The number of rotatable bonds is 5. The van der Waals surface area contributed by atoms with Gasteiger partial charge >= 0.3 is 0 Å². The van der Waals surface area contributed by atoms with E-state index in [1.54, 1.807) is 7.11 Å². The van der Waals surface area contributed by atoms with Gasteiger partial charge in [-0.1, -0.05) is 52.1 Å². The van der Waals surface area contributed by atoms with Gasteiger partial charge in [0.25, 0.3) is 0 Å². The predicted octanol–water partition coefficient (Wildman–Crippen LogP) is 5.64. The molecule has 1 rings (SSSR count). The fourth-order valence-corrected chi connectivity index (χ4v) is 2.95. The Labute approximate surface area is 121 Å². The fourth-order valence-electron chi connectivity index (χ4n) is 1.97. The van der Waals surface area contributed by atoms with E-state index in [9.17, 15) is 0 Å². The summed E-state index contributed by atoms with van der Waals surface area (Å²) < 4.78 is 6.62. The van der Waals surface area contributed by atoms with Crippen LogP contribution in [-0.4, -0.2) is 7.11 Å². The van der Waals surface area contributed by atoms with Crippen LogP contribution in [-0.2, 0) is 0 Å². The van der Waals surface area contributed by atoms with Crippen molar-refractivity contribution in [3.8, 4) is 5.75 Å². The van der Waals surface area contributed by atoms with Crippen molar-refractivity contribution in [2.75, 3.05) is 7.11 Å². The first-order valence-electron chi connectivity index (χ1n) is 5.99. The van der Waals surface area contributed by atoms with Gasteiger partial charge in [0, 0.05) is 14.9 Å². The molecule has 2 unspecified atom stereocenters. The Balaban J connectivity index is 3.07. The average Bonchev–Trinajstić information content (AvgIpc) is 2.31. The van der Waals surface area contributed by atoms with E-state index in [1.807, 2.05) is 0 Å². The first-order chi connectivity index (χ1) is 8.01. The van der Waals surface area contributed by atoms with Crippen LogP contribution >= 0.6 is 31.9 Å². The second kappa shape index (κ2) is 6.79. The molecule has 2 atom stereocenters. The molecule has 0 aromatic heterocycles. The molecule has 0 radical (unpaired) electrons. The minimum atomic E-state index is 0.342. The number of hydrogen-bond acceptors (Lipinski definition) is 1. The Hall–Kier alpha value is -0.0200. The molecular formula is C14H20Br2O. The Morgan fingerprint density at radius 3 is 2.53 bits per heavy atom. The molecule has 0 amide bonds. The molecule has 1 aromatic carbocycles. The van der Waals surface area contributed by atoms with Gasteiger partial charge in [0.15, 0.2) is 0 Å². The monoisotopic (exact) mass is 362 g/mol. The summed E-state index contributed by atoms with van der Waals surface area (Å²) in [6.45, 7) is 6.57. The molecule has 0 saturated carbocycles. The van der Waals surface area contributed by atoms with E-state index in [0.717, 1.165) is 10.2 Å². The van der Waals surface area contributed by atoms with Crippen molar-refractivity contribution < 1.29 is 4.74 Å². The molecule has 1 aromatic rings. The third-order valence-electron chi connectivity index (χ3n) is 3.05. The van der Waals surface area contributed by atoms with Crippen LogP contribution in [0.2, 0.25) is 0 Å². The van der Waals surface area contributed by atoms with Crippen LogP contribution < -0.4 is 4.74 Å². The summed E-state index contributed by atoms with van der Waals surface area (Å²) in [5.74, 6) is 1.57. The summed E-state index contributed by atoms with van der Waals surface area (Å²) >= 11 is 7.39. The molecule has 0 aliphatic heterocycles. The first-order valence-corrected chi connectivity index (χ1v) is 7.70. The SMILES string of the molecule is CCCC(C)C(Br)c1cc(Br)c(C)cc1OC. The molecular weight excluding hydrogens is 344 g/mol. The van der Waals surface area contributed by atoms with Crippen LogP contribution in [0.15, 0.2) is 16.6 Å². The fraction of sp³-hybridized carbons (Fsp3) is 0.571. The van der Waals surface area contributed by atoms with Gasteiger partial charge in [0.1, 0.15) is 5.75 Å². The quantitative estimate of drug-likeness (QED) is 0.615. The number of halogens is 2. The highest BCUT2D eigenvalue weighted by Gasteiger charge is 2.20. The van der Waals surface area contributed by atoms with E-state index in [1.165, 1.54) is 24.0 Å². The van der Waals surface area contributed by atoms with Crippen LogP contribution in [0, 0.1) is 12.8 Å². The van der Waals surface area contributed by atoms with Crippen molar-refractivity contribution >= 4 is 31.9 Å². The molecule has 0 spiro atoms. The van der Waals surface area contributed by atoms with Crippen molar-refractivity contribution in [2.45, 2.75) is 38.4 Å². The van der Waals surface area contributed by atoms with Crippen molar-refractivity contribution in [2.24, 2.45) is 5.92 Å². The Bertz CT molecular complexity index is 377. The minimum Gasteiger partial charge on any atom is -0.496 e. The molecule has 0 heterocycles. The molecule has 17 heavy (non-hydrogen) atoms. The van der Waals surface area contributed by atoms with Gasteiger partial charge in [-0.05, 0) is 37.0 Å². The smallest absolute Gasteiger partial charge is 0.123 e. The topological polar surface area (TPSA) is 9.23 Å². The van der Waals surface area contributed by atoms with Crippen molar-refractivity contribution in [3.63, 3.8) is 0 Å². The van der Waals surface area contributed by atoms with Gasteiger partial charge in [-0.3, -0.25) is 0 Å². The maximum absolute atomic E-state index is 5.48. The van der Waals surface area contributed by atoms with Gasteiger partial charge in [-0.15, -0.1) is 0 Å². The zero-order valence-electron chi connectivity index (χ0n) is 10.9. The molecule has 1 nitrogen and oxygen atoms in total. The second-order valence-electron chi connectivity index (χ2n) is 4.51. The molecule has 0 aliphatic rings. The van der Waals surface area contributed by atoms with Crippen molar-refractivity contribution in [1.82, 2.24) is 0 Å². The number of alkyl halides is 1. The Kier molecular flexibility index (Phi) is 6.01. The van der Waals surface area contributed by atoms with E-state index in [0.29, 0.717) is 10.7 Å². The van der Waals surface area contributed by atoms with Crippen LogP contribution in [0.5, 0.6) is 5.75 Å². The molecule has 3 heteroatoms. The van der Waals surface area contributed by atoms with Crippen LogP contribution in [0.25, 0.3) is 0 Å². The summed E-state index contributed by atoms with van der Waals surface area (Å²) in [7, 11) is 1.73. The summed E-state index contributed by atoms with van der Waals surface area (Å²) in [6.07, 6.45) is 2.42. The van der Waals surface area contributed by atoms with Gasteiger partial charge < -0.3 is 4.74 Å². The molecule has 0 fully saturated rings. The molecule has 0 N–H and O–H groups in total. The standard InChI is InChI=1S/C14H20Br2O/c1-5-6-9(2)14(16)11-8-12(15)10(3)7-13(11)17-4/h7-9,14H,5-6H2,1-4H3. The lowest BCUT2D eigenvalue weighted by atomic mass is 9.95. The highest BCUT2D eigenvalue weighted by Crippen LogP contribution is 2.40. The highest BCUT2D eigenvalue weighted by atomic mass is 79.9. The van der Waals surface area contributed by atoms with E-state index in [-0.39, 0.29) is 0 Å². The predicted molar refractivity (Wildman–Crippen MR) is 81.2 cm³/mol. The van der Waals surface area contributed by atoms with Gasteiger partial charge in [-0.25, -0.2) is 0 Å². The largest absolute Gasteiger partial charge is 0.496 e. The molecule has 96 valence electrons. The Morgan fingerprint density at radius 1 is 1.35 bits per heavy atom. The second-order valence-corrected chi connectivity index (χ2v) is 6.35. The Morgan fingerprint density at radius 2 is 2.00 bits per heavy atom. The third kappa shape index (κ3) is 3.72. The number of benzene rings is 1. The summed E-state index contributed by atoms with van der Waals surface area (Å²) in [4.78, 5) is 0.342. The summed E-state index contributed by atoms with van der Waals surface area (Å²) in [5.41, 5.74) is 2.43. The van der Waals surface area contributed by atoms with E-state index >= 15 is 0 Å². The van der Waals surface area contributed by atoms with Crippen LogP contribution in [0.4, 0.5) is 0 Å². The lowest BCUT2D eigenvalue weighted by Crippen LogP contribution is -2.05. The van der Waals surface area contributed by atoms with Crippen molar-refractivity contribution in [3.05, 3.63) is 27.7 Å². The maximum atomic E-state index is 5.48. The average molecular weight is 364 g/mol.